The van der Waals surface area contributed by atoms with Gasteiger partial charge in [-0.15, -0.1) is 0 Å². The van der Waals surface area contributed by atoms with Gasteiger partial charge in [0.2, 0.25) is 5.91 Å². The molecule has 0 saturated carbocycles. The third-order valence-electron chi connectivity index (χ3n) is 4.05. The monoisotopic (exact) mass is 275 g/mol. The molecule has 0 aromatic heterocycles. The first-order valence-corrected chi connectivity index (χ1v) is 7.00. The van der Waals surface area contributed by atoms with Crippen LogP contribution in [0.4, 0.5) is 5.69 Å². The van der Waals surface area contributed by atoms with Gasteiger partial charge in [-0.05, 0) is 42.5 Å². The van der Waals surface area contributed by atoms with E-state index in [9.17, 15) is 9.59 Å². The van der Waals surface area contributed by atoms with Crippen molar-refractivity contribution in [2.45, 2.75) is 39.7 Å². The molecule has 1 amide bonds. The summed E-state index contributed by atoms with van der Waals surface area (Å²) in [5, 5.41) is 0. The maximum Gasteiger partial charge on any atom is 0.337 e. The average molecular weight is 275 g/mol. The largest absolute Gasteiger partial charge is 0.465 e. The molecule has 1 aromatic rings. The van der Waals surface area contributed by atoms with Crippen molar-refractivity contribution < 1.29 is 14.3 Å². The fourth-order valence-electron chi connectivity index (χ4n) is 3.13. The Labute approximate surface area is 119 Å². The van der Waals surface area contributed by atoms with E-state index < -0.39 is 0 Å². The lowest BCUT2D eigenvalue weighted by Gasteiger charge is -2.40. The lowest BCUT2D eigenvalue weighted by Crippen LogP contribution is -2.46. The smallest absolute Gasteiger partial charge is 0.337 e. The zero-order valence-electron chi connectivity index (χ0n) is 12.5. The summed E-state index contributed by atoms with van der Waals surface area (Å²) in [5.41, 5.74) is 2.51. The summed E-state index contributed by atoms with van der Waals surface area (Å²) in [6.45, 7) is 5.85. The van der Waals surface area contributed by atoms with Gasteiger partial charge in [-0.2, -0.15) is 0 Å². The minimum Gasteiger partial charge on any atom is -0.465 e. The second-order valence-corrected chi connectivity index (χ2v) is 5.38. The van der Waals surface area contributed by atoms with Crippen LogP contribution in [0.2, 0.25) is 0 Å². The van der Waals surface area contributed by atoms with Gasteiger partial charge in [-0.1, -0.05) is 13.8 Å². The number of benzene rings is 1. The van der Waals surface area contributed by atoms with Gasteiger partial charge in [-0.25, -0.2) is 4.79 Å². The highest BCUT2D eigenvalue weighted by atomic mass is 16.5. The number of amides is 1. The van der Waals surface area contributed by atoms with Crippen molar-refractivity contribution >= 4 is 17.6 Å². The normalized spacial score (nSPS) is 21.3. The number of hydrogen-bond acceptors (Lipinski definition) is 3. The van der Waals surface area contributed by atoms with Crippen LogP contribution in [0.1, 0.15) is 43.1 Å². The second-order valence-electron chi connectivity index (χ2n) is 5.38. The van der Waals surface area contributed by atoms with E-state index >= 15 is 0 Å². The lowest BCUT2D eigenvalue weighted by molar-refractivity contribution is -0.117. The Morgan fingerprint density at radius 1 is 1.40 bits per heavy atom. The quantitative estimate of drug-likeness (QED) is 0.780. The van der Waals surface area contributed by atoms with E-state index in [2.05, 4.69) is 13.8 Å². The Morgan fingerprint density at radius 2 is 2.10 bits per heavy atom. The molecule has 0 aliphatic carbocycles. The van der Waals surface area contributed by atoms with Crippen LogP contribution < -0.4 is 4.90 Å². The first-order valence-electron chi connectivity index (χ1n) is 7.00. The minimum atomic E-state index is -0.340. The number of fused-ring (bicyclic) bond motifs is 1. The minimum absolute atomic E-state index is 0.0514. The van der Waals surface area contributed by atoms with Crippen LogP contribution in [0.3, 0.4) is 0 Å². The van der Waals surface area contributed by atoms with E-state index in [1.165, 1.54) is 7.11 Å². The third-order valence-corrected chi connectivity index (χ3v) is 4.05. The first kappa shape index (κ1) is 14.6. The lowest BCUT2D eigenvalue weighted by atomic mass is 9.85. The Bertz CT molecular complexity index is 539. The van der Waals surface area contributed by atoms with E-state index in [1.807, 2.05) is 17.0 Å². The number of carbonyl (C=O) groups is 2. The summed E-state index contributed by atoms with van der Waals surface area (Å²) in [4.78, 5) is 25.5. The summed E-state index contributed by atoms with van der Waals surface area (Å²) >= 11 is 0. The van der Waals surface area contributed by atoms with Crippen molar-refractivity contribution in [1.29, 1.82) is 0 Å². The Balaban J connectivity index is 2.48. The molecule has 0 bridgehead atoms. The van der Waals surface area contributed by atoms with Gasteiger partial charge in [0.1, 0.15) is 0 Å². The van der Waals surface area contributed by atoms with Crippen molar-refractivity contribution in [3.63, 3.8) is 0 Å². The van der Waals surface area contributed by atoms with Gasteiger partial charge in [-0.3, -0.25) is 4.79 Å². The molecule has 2 atom stereocenters. The fraction of sp³-hybridized carbons (Fsp3) is 0.500. The van der Waals surface area contributed by atoms with Crippen LogP contribution in [-0.4, -0.2) is 25.0 Å². The predicted molar refractivity (Wildman–Crippen MR) is 77.9 cm³/mol. The zero-order valence-corrected chi connectivity index (χ0v) is 12.5. The van der Waals surface area contributed by atoms with Crippen molar-refractivity contribution in [1.82, 2.24) is 0 Å². The molecule has 1 heterocycles. The first-order chi connectivity index (χ1) is 9.49. The summed E-state index contributed by atoms with van der Waals surface area (Å²) in [6.07, 6.45) is 1.81. The van der Waals surface area contributed by atoms with Crippen LogP contribution >= 0.6 is 0 Å². The van der Waals surface area contributed by atoms with Gasteiger partial charge in [0, 0.05) is 18.7 Å². The highest BCUT2D eigenvalue weighted by Crippen LogP contribution is 2.35. The second kappa shape index (κ2) is 5.65. The van der Waals surface area contributed by atoms with Gasteiger partial charge >= 0.3 is 5.97 Å². The number of anilines is 1. The summed E-state index contributed by atoms with van der Waals surface area (Å²) < 4.78 is 4.75. The SMILES string of the molecule is CC[C@@H]1[C@H](C)Cc2cc(C(=O)OC)ccc2N1C(C)=O. The standard InChI is InChI=1S/C16H21NO3/c1-5-14-10(2)8-13-9-12(16(19)20-4)6-7-15(13)17(14)11(3)18/h6-7,9-10,14H,5,8H2,1-4H3/t10-,14-/m1/s1. The van der Waals surface area contributed by atoms with E-state index in [0.29, 0.717) is 11.5 Å². The number of rotatable bonds is 2. The van der Waals surface area contributed by atoms with Gasteiger partial charge in [0.15, 0.2) is 0 Å². The fourth-order valence-corrected chi connectivity index (χ4v) is 3.13. The number of methoxy groups -OCH3 is 1. The molecule has 4 heteroatoms. The molecule has 0 spiro atoms. The molecule has 108 valence electrons. The van der Waals surface area contributed by atoms with Crippen LogP contribution in [0.15, 0.2) is 18.2 Å². The van der Waals surface area contributed by atoms with Crippen molar-refractivity contribution in [2.75, 3.05) is 12.0 Å². The molecule has 0 radical (unpaired) electrons. The maximum absolute atomic E-state index is 12.0. The number of hydrogen-bond donors (Lipinski definition) is 0. The molecule has 1 aliphatic rings. The van der Waals surface area contributed by atoms with Crippen LogP contribution in [0, 0.1) is 5.92 Å². The molecule has 2 rings (SSSR count). The highest BCUT2D eigenvalue weighted by molar-refractivity contribution is 5.95. The maximum atomic E-state index is 12.0. The molecule has 1 aromatic carbocycles. The zero-order chi connectivity index (χ0) is 14.9. The van der Waals surface area contributed by atoms with Crippen molar-refractivity contribution in [2.24, 2.45) is 5.92 Å². The number of esters is 1. The number of nitrogens with zero attached hydrogens (tertiary/aromatic N) is 1. The van der Waals surface area contributed by atoms with Gasteiger partial charge in [0.05, 0.1) is 12.7 Å². The van der Waals surface area contributed by atoms with E-state index in [1.54, 1.807) is 13.0 Å². The topological polar surface area (TPSA) is 46.6 Å². The molecule has 0 fully saturated rings. The Morgan fingerprint density at radius 3 is 2.65 bits per heavy atom. The Hall–Kier alpha value is -1.84. The molecule has 20 heavy (non-hydrogen) atoms. The molecule has 1 aliphatic heterocycles. The predicted octanol–water partition coefficient (Wildman–Crippen LogP) is 2.80. The summed E-state index contributed by atoms with van der Waals surface area (Å²) in [5.74, 6) is 0.0900. The van der Waals surface area contributed by atoms with E-state index in [4.69, 9.17) is 4.74 Å². The number of carbonyl (C=O) groups excluding carboxylic acids is 2. The van der Waals surface area contributed by atoms with Crippen molar-refractivity contribution in [3.8, 4) is 0 Å². The van der Waals surface area contributed by atoms with Crippen LogP contribution in [-0.2, 0) is 16.0 Å². The highest BCUT2D eigenvalue weighted by Gasteiger charge is 2.33. The average Bonchev–Trinajstić information content (AvgIpc) is 2.43. The molecular weight excluding hydrogens is 254 g/mol. The molecule has 0 N–H and O–H groups in total. The van der Waals surface area contributed by atoms with Gasteiger partial charge in [0.25, 0.3) is 0 Å². The molecule has 0 unspecified atom stereocenters. The summed E-state index contributed by atoms with van der Waals surface area (Å²) in [6, 6.07) is 5.66. The van der Waals surface area contributed by atoms with Crippen LogP contribution in [0.25, 0.3) is 0 Å². The Kier molecular flexibility index (Phi) is 4.12. The van der Waals surface area contributed by atoms with E-state index in [0.717, 1.165) is 24.1 Å². The molecule has 4 nitrogen and oxygen atoms in total. The third kappa shape index (κ3) is 2.42. The molecule has 0 saturated heterocycles. The van der Waals surface area contributed by atoms with E-state index in [-0.39, 0.29) is 17.9 Å². The van der Waals surface area contributed by atoms with Gasteiger partial charge < -0.3 is 9.64 Å². The number of ether oxygens (including phenoxy) is 1. The summed E-state index contributed by atoms with van der Waals surface area (Å²) in [7, 11) is 1.37. The molecular formula is C16H21NO3. The van der Waals surface area contributed by atoms with Crippen molar-refractivity contribution in [3.05, 3.63) is 29.3 Å². The van der Waals surface area contributed by atoms with Crippen LogP contribution in [0.5, 0.6) is 0 Å².